The fourth-order valence-corrected chi connectivity index (χ4v) is 2.78. The molecule has 1 atom stereocenters. The van der Waals surface area contributed by atoms with Crippen molar-refractivity contribution in [2.75, 3.05) is 11.1 Å². The molecule has 3 aromatic rings. The Kier molecular flexibility index (Phi) is 4.02. The zero-order valence-corrected chi connectivity index (χ0v) is 13.3. The minimum absolute atomic E-state index is 0.0324. The molecule has 0 heterocycles. The van der Waals surface area contributed by atoms with Gasteiger partial charge in [-0.25, -0.2) is 0 Å². The summed E-state index contributed by atoms with van der Waals surface area (Å²) < 4.78 is 0. The fourth-order valence-electron chi connectivity index (χ4n) is 2.78. The van der Waals surface area contributed by atoms with Gasteiger partial charge in [-0.2, -0.15) is 0 Å². The molecule has 0 aliphatic carbocycles. The van der Waals surface area contributed by atoms with Crippen LogP contribution in [-0.4, -0.2) is 5.91 Å². The maximum Gasteiger partial charge on any atom is 0.231 e. The maximum absolute atomic E-state index is 12.7. The second kappa shape index (κ2) is 6.13. The number of nitrogens with one attached hydrogen (secondary N) is 1. The van der Waals surface area contributed by atoms with Gasteiger partial charge in [0, 0.05) is 11.4 Å². The topological polar surface area (TPSA) is 55.1 Å². The van der Waals surface area contributed by atoms with Crippen LogP contribution in [0.1, 0.15) is 24.0 Å². The van der Waals surface area contributed by atoms with E-state index in [0.29, 0.717) is 5.69 Å². The number of nitrogen functional groups attached to an aromatic ring is 1. The highest BCUT2D eigenvalue weighted by atomic mass is 16.1. The molecule has 0 radical (unpaired) electrons. The summed E-state index contributed by atoms with van der Waals surface area (Å²) >= 11 is 0. The standard InChI is InChI=1S/C20H20N2O/c1-13-10-11-16(21)12-19(13)22-20(23)14(2)17-9-5-7-15-6-3-4-8-18(15)17/h3-12,14H,21H2,1-2H3,(H,22,23). The van der Waals surface area contributed by atoms with E-state index in [4.69, 9.17) is 5.73 Å². The number of anilines is 2. The van der Waals surface area contributed by atoms with Gasteiger partial charge < -0.3 is 11.1 Å². The van der Waals surface area contributed by atoms with Crippen LogP contribution in [0.5, 0.6) is 0 Å². The zero-order chi connectivity index (χ0) is 16.4. The second-order valence-electron chi connectivity index (χ2n) is 5.85. The van der Waals surface area contributed by atoms with Crippen molar-refractivity contribution < 1.29 is 4.79 Å². The van der Waals surface area contributed by atoms with E-state index in [1.807, 2.05) is 50.2 Å². The van der Waals surface area contributed by atoms with Gasteiger partial charge in [0.15, 0.2) is 0 Å². The van der Waals surface area contributed by atoms with E-state index >= 15 is 0 Å². The third-order valence-corrected chi connectivity index (χ3v) is 4.20. The average Bonchev–Trinajstić information content (AvgIpc) is 2.57. The van der Waals surface area contributed by atoms with Gasteiger partial charge in [0.05, 0.1) is 5.92 Å². The molecule has 0 aliphatic rings. The Morgan fingerprint density at radius 3 is 2.61 bits per heavy atom. The highest BCUT2D eigenvalue weighted by Gasteiger charge is 2.18. The van der Waals surface area contributed by atoms with Crippen molar-refractivity contribution in [2.45, 2.75) is 19.8 Å². The van der Waals surface area contributed by atoms with Crippen molar-refractivity contribution >= 4 is 28.1 Å². The molecule has 0 saturated carbocycles. The van der Waals surface area contributed by atoms with Crippen LogP contribution >= 0.6 is 0 Å². The molecule has 3 aromatic carbocycles. The third kappa shape index (κ3) is 3.04. The van der Waals surface area contributed by atoms with Crippen LogP contribution in [0.2, 0.25) is 0 Å². The van der Waals surface area contributed by atoms with Crippen LogP contribution in [0.3, 0.4) is 0 Å². The molecule has 23 heavy (non-hydrogen) atoms. The Morgan fingerprint density at radius 1 is 1.04 bits per heavy atom. The number of rotatable bonds is 3. The summed E-state index contributed by atoms with van der Waals surface area (Å²) in [4.78, 5) is 12.7. The molecular weight excluding hydrogens is 284 g/mol. The SMILES string of the molecule is Cc1ccc(N)cc1NC(=O)C(C)c1cccc2ccccc12. The number of carbonyl (C=O) groups is 1. The molecular formula is C20H20N2O. The van der Waals surface area contributed by atoms with Crippen molar-refractivity contribution in [3.05, 3.63) is 71.8 Å². The van der Waals surface area contributed by atoms with E-state index in [2.05, 4.69) is 23.5 Å². The Labute approximate surface area is 136 Å². The number of amides is 1. The number of hydrogen-bond donors (Lipinski definition) is 2. The number of hydrogen-bond acceptors (Lipinski definition) is 2. The molecule has 1 unspecified atom stereocenters. The van der Waals surface area contributed by atoms with Crippen LogP contribution < -0.4 is 11.1 Å². The summed E-state index contributed by atoms with van der Waals surface area (Å²) in [6.07, 6.45) is 0. The average molecular weight is 304 g/mol. The minimum atomic E-state index is -0.248. The fraction of sp³-hybridized carbons (Fsp3) is 0.150. The Balaban J connectivity index is 1.91. The van der Waals surface area contributed by atoms with E-state index < -0.39 is 0 Å². The lowest BCUT2D eigenvalue weighted by atomic mass is 9.94. The first-order valence-electron chi connectivity index (χ1n) is 7.71. The third-order valence-electron chi connectivity index (χ3n) is 4.20. The van der Waals surface area contributed by atoms with Crippen molar-refractivity contribution in [1.29, 1.82) is 0 Å². The van der Waals surface area contributed by atoms with Crippen molar-refractivity contribution in [2.24, 2.45) is 0 Å². The van der Waals surface area contributed by atoms with Crippen LogP contribution in [0.4, 0.5) is 11.4 Å². The smallest absolute Gasteiger partial charge is 0.231 e. The van der Waals surface area contributed by atoms with Gasteiger partial charge in [-0.05, 0) is 47.9 Å². The van der Waals surface area contributed by atoms with E-state index in [0.717, 1.165) is 27.6 Å². The molecule has 3 nitrogen and oxygen atoms in total. The predicted octanol–water partition coefficient (Wildman–Crippen LogP) is 4.47. The molecule has 3 N–H and O–H groups in total. The summed E-state index contributed by atoms with van der Waals surface area (Å²) in [5.74, 6) is -0.281. The van der Waals surface area contributed by atoms with E-state index in [-0.39, 0.29) is 11.8 Å². The molecule has 0 aromatic heterocycles. The molecule has 1 amide bonds. The van der Waals surface area contributed by atoms with Gasteiger partial charge in [-0.15, -0.1) is 0 Å². The quantitative estimate of drug-likeness (QED) is 0.701. The monoisotopic (exact) mass is 304 g/mol. The predicted molar refractivity (Wildman–Crippen MR) is 96.6 cm³/mol. The summed E-state index contributed by atoms with van der Waals surface area (Å²) in [6.45, 7) is 3.89. The normalized spacial score (nSPS) is 12.1. The van der Waals surface area contributed by atoms with Gasteiger partial charge in [0.1, 0.15) is 0 Å². The van der Waals surface area contributed by atoms with Crippen LogP contribution in [-0.2, 0) is 4.79 Å². The summed E-state index contributed by atoms with van der Waals surface area (Å²) in [6, 6.07) is 19.7. The van der Waals surface area contributed by atoms with Crippen molar-refractivity contribution in [3.8, 4) is 0 Å². The largest absolute Gasteiger partial charge is 0.399 e. The molecule has 0 fully saturated rings. The molecule has 0 bridgehead atoms. The van der Waals surface area contributed by atoms with Gasteiger partial charge >= 0.3 is 0 Å². The zero-order valence-electron chi connectivity index (χ0n) is 13.3. The second-order valence-corrected chi connectivity index (χ2v) is 5.85. The highest BCUT2D eigenvalue weighted by molar-refractivity contribution is 5.99. The minimum Gasteiger partial charge on any atom is -0.399 e. The first-order valence-corrected chi connectivity index (χ1v) is 7.71. The molecule has 3 heteroatoms. The number of benzene rings is 3. The van der Waals surface area contributed by atoms with Crippen molar-refractivity contribution in [1.82, 2.24) is 0 Å². The maximum atomic E-state index is 12.7. The first kappa shape index (κ1) is 15.1. The molecule has 0 spiro atoms. The summed E-state index contributed by atoms with van der Waals surface area (Å²) in [5.41, 5.74) is 9.25. The van der Waals surface area contributed by atoms with E-state index in [1.54, 1.807) is 6.07 Å². The molecule has 3 rings (SSSR count). The number of fused-ring (bicyclic) bond motifs is 1. The van der Waals surface area contributed by atoms with Gasteiger partial charge in [-0.1, -0.05) is 48.5 Å². The van der Waals surface area contributed by atoms with Gasteiger partial charge in [0.2, 0.25) is 5.91 Å². The molecule has 116 valence electrons. The Bertz CT molecular complexity index is 865. The molecule has 0 aliphatic heterocycles. The highest BCUT2D eigenvalue weighted by Crippen LogP contribution is 2.27. The van der Waals surface area contributed by atoms with Crippen LogP contribution in [0, 0.1) is 6.92 Å². The van der Waals surface area contributed by atoms with Gasteiger partial charge in [-0.3, -0.25) is 4.79 Å². The van der Waals surface area contributed by atoms with Crippen LogP contribution in [0.25, 0.3) is 10.8 Å². The van der Waals surface area contributed by atoms with E-state index in [1.165, 1.54) is 0 Å². The molecule has 0 saturated heterocycles. The van der Waals surface area contributed by atoms with Gasteiger partial charge in [0.25, 0.3) is 0 Å². The number of nitrogens with two attached hydrogens (primary N) is 1. The lowest BCUT2D eigenvalue weighted by Crippen LogP contribution is -2.19. The lowest BCUT2D eigenvalue weighted by Gasteiger charge is -2.16. The number of carbonyl (C=O) groups excluding carboxylic acids is 1. The Morgan fingerprint density at radius 2 is 1.78 bits per heavy atom. The Hall–Kier alpha value is -2.81. The van der Waals surface area contributed by atoms with Crippen molar-refractivity contribution in [3.63, 3.8) is 0 Å². The van der Waals surface area contributed by atoms with Crippen LogP contribution in [0.15, 0.2) is 60.7 Å². The lowest BCUT2D eigenvalue weighted by molar-refractivity contribution is -0.117. The summed E-state index contributed by atoms with van der Waals surface area (Å²) in [5, 5.41) is 5.25. The first-order chi connectivity index (χ1) is 11.1. The summed E-state index contributed by atoms with van der Waals surface area (Å²) in [7, 11) is 0. The number of aryl methyl sites for hydroxylation is 1. The van der Waals surface area contributed by atoms with E-state index in [9.17, 15) is 4.79 Å².